The number of carbonyl (C=O) groups is 2. The van der Waals surface area contributed by atoms with E-state index in [9.17, 15) is 19.7 Å². The standard InChI is InChI=1S/C18H20N2O5/c21-16(13-4-14(17(22)23)6-15(5-13)20(24)25)19-18-7-10-1-11(8-18)3-12(2-10)9-18/h4-6,10-12H,1-3,7-9H2,(H,19,21)(H,22,23). The number of rotatable bonds is 4. The maximum absolute atomic E-state index is 12.8. The molecule has 4 bridgehead atoms. The molecule has 1 aromatic rings. The smallest absolute Gasteiger partial charge is 0.335 e. The number of nitrogens with zero attached hydrogens (tertiary/aromatic N) is 1. The highest BCUT2D eigenvalue weighted by Gasteiger charge is 2.51. The summed E-state index contributed by atoms with van der Waals surface area (Å²) in [7, 11) is 0. The number of hydrogen-bond donors (Lipinski definition) is 2. The predicted molar refractivity (Wildman–Crippen MR) is 88.4 cm³/mol. The van der Waals surface area contributed by atoms with Gasteiger partial charge in [0.15, 0.2) is 0 Å². The molecular weight excluding hydrogens is 324 g/mol. The first-order valence-corrected chi connectivity index (χ1v) is 8.69. The number of carboxylic acids is 1. The van der Waals surface area contributed by atoms with Crippen LogP contribution in [-0.4, -0.2) is 27.4 Å². The van der Waals surface area contributed by atoms with Gasteiger partial charge < -0.3 is 10.4 Å². The molecule has 132 valence electrons. The molecule has 1 aromatic carbocycles. The van der Waals surface area contributed by atoms with E-state index in [0.717, 1.165) is 31.4 Å². The topological polar surface area (TPSA) is 110 Å². The SMILES string of the molecule is O=C(O)c1cc(C(=O)NC23CC4CC(CC(C4)C2)C3)cc([N+](=O)[O-])c1. The number of benzene rings is 1. The van der Waals surface area contributed by atoms with Crippen molar-refractivity contribution in [3.05, 3.63) is 39.4 Å². The summed E-state index contributed by atoms with van der Waals surface area (Å²) in [5.74, 6) is 0.282. The Hall–Kier alpha value is -2.44. The Bertz CT molecular complexity index is 705. The van der Waals surface area contributed by atoms with Crippen LogP contribution in [0.5, 0.6) is 0 Å². The van der Waals surface area contributed by atoms with Crippen molar-refractivity contribution < 1.29 is 19.6 Å². The Labute approximate surface area is 144 Å². The Morgan fingerprint density at radius 1 is 1.04 bits per heavy atom. The van der Waals surface area contributed by atoms with Gasteiger partial charge in [0, 0.05) is 23.2 Å². The van der Waals surface area contributed by atoms with Crippen LogP contribution in [0.1, 0.15) is 59.2 Å². The Morgan fingerprint density at radius 2 is 1.56 bits per heavy atom. The molecule has 0 atom stereocenters. The van der Waals surface area contributed by atoms with Gasteiger partial charge >= 0.3 is 5.97 Å². The van der Waals surface area contributed by atoms with Crippen LogP contribution in [0.3, 0.4) is 0 Å². The molecule has 7 nitrogen and oxygen atoms in total. The van der Waals surface area contributed by atoms with Crippen molar-refractivity contribution in [2.45, 2.75) is 44.1 Å². The van der Waals surface area contributed by atoms with E-state index in [-0.39, 0.29) is 22.4 Å². The Morgan fingerprint density at radius 3 is 2.04 bits per heavy atom. The summed E-state index contributed by atoms with van der Waals surface area (Å²) < 4.78 is 0. The number of carbonyl (C=O) groups excluding carboxylic acids is 1. The maximum Gasteiger partial charge on any atom is 0.335 e. The molecule has 5 rings (SSSR count). The van der Waals surface area contributed by atoms with Gasteiger partial charge in [-0.1, -0.05) is 0 Å². The van der Waals surface area contributed by atoms with Crippen LogP contribution in [0.4, 0.5) is 5.69 Å². The molecule has 0 radical (unpaired) electrons. The zero-order valence-electron chi connectivity index (χ0n) is 13.7. The van der Waals surface area contributed by atoms with Gasteiger partial charge in [-0.25, -0.2) is 4.79 Å². The molecule has 1 amide bonds. The van der Waals surface area contributed by atoms with Crippen LogP contribution < -0.4 is 5.32 Å². The number of aromatic carboxylic acids is 1. The lowest BCUT2D eigenvalue weighted by Gasteiger charge is -2.56. The van der Waals surface area contributed by atoms with Crippen molar-refractivity contribution in [3.8, 4) is 0 Å². The van der Waals surface area contributed by atoms with Crippen LogP contribution in [0.25, 0.3) is 0 Å². The minimum absolute atomic E-state index is 0.0438. The van der Waals surface area contributed by atoms with E-state index in [1.54, 1.807) is 0 Å². The third-order valence-electron chi connectivity index (χ3n) is 6.05. The number of amides is 1. The highest BCUT2D eigenvalue weighted by molar-refractivity contribution is 5.98. The van der Waals surface area contributed by atoms with Gasteiger partial charge in [-0.3, -0.25) is 14.9 Å². The summed E-state index contributed by atoms with van der Waals surface area (Å²) in [6.45, 7) is 0. The third-order valence-corrected chi connectivity index (χ3v) is 6.05. The lowest BCUT2D eigenvalue weighted by atomic mass is 9.53. The number of nitrogens with one attached hydrogen (secondary N) is 1. The van der Waals surface area contributed by atoms with E-state index in [1.807, 2.05) is 0 Å². The van der Waals surface area contributed by atoms with Crippen molar-refractivity contribution in [1.82, 2.24) is 5.32 Å². The van der Waals surface area contributed by atoms with Gasteiger partial charge in [-0.05, 0) is 62.3 Å². The van der Waals surface area contributed by atoms with Gasteiger partial charge in [0.2, 0.25) is 0 Å². The lowest BCUT2D eigenvalue weighted by molar-refractivity contribution is -0.384. The normalized spacial score (nSPS) is 32.4. The molecule has 0 unspecified atom stereocenters. The van der Waals surface area contributed by atoms with Gasteiger partial charge in [0.1, 0.15) is 0 Å². The van der Waals surface area contributed by atoms with E-state index in [0.29, 0.717) is 17.8 Å². The molecule has 4 aliphatic carbocycles. The summed E-state index contributed by atoms with van der Waals surface area (Å²) in [4.78, 5) is 34.3. The number of hydrogen-bond acceptors (Lipinski definition) is 4. The zero-order chi connectivity index (χ0) is 17.8. The van der Waals surface area contributed by atoms with E-state index in [2.05, 4.69) is 5.32 Å². The largest absolute Gasteiger partial charge is 0.478 e. The zero-order valence-corrected chi connectivity index (χ0v) is 13.7. The fraction of sp³-hybridized carbons (Fsp3) is 0.556. The van der Waals surface area contributed by atoms with Crippen molar-refractivity contribution in [2.24, 2.45) is 17.8 Å². The second-order valence-corrected chi connectivity index (χ2v) is 7.98. The Kier molecular flexibility index (Phi) is 3.56. The Balaban J connectivity index is 1.61. The summed E-state index contributed by atoms with van der Waals surface area (Å²) in [5, 5.41) is 23.3. The van der Waals surface area contributed by atoms with E-state index in [4.69, 9.17) is 5.11 Å². The lowest BCUT2D eigenvalue weighted by Crippen LogP contribution is -2.59. The maximum atomic E-state index is 12.8. The van der Waals surface area contributed by atoms with E-state index in [1.165, 1.54) is 25.3 Å². The van der Waals surface area contributed by atoms with E-state index < -0.39 is 16.8 Å². The summed E-state index contributed by atoms with van der Waals surface area (Å²) in [5.41, 5.74) is -0.803. The fourth-order valence-electron chi connectivity index (χ4n) is 5.55. The number of carboxylic acid groups (broad SMARTS) is 1. The molecule has 7 heteroatoms. The molecular formula is C18H20N2O5. The molecule has 4 saturated carbocycles. The highest BCUT2D eigenvalue weighted by Crippen LogP contribution is 2.55. The first kappa shape index (κ1) is 16.1. The van der Waals surface area contributed by atoms with Crippen molar-refractivity contribution in [1.29, 1.82) is 0 Å². The van der Waals surface area contributed by atoms with Gasteiger partial charge in [-0.2, -0.15) is 0 Å². The van der Waals surface area contributed by atoms with Crippen LogP contribution in [0, 0.1) is 27.9 Å². The molecule has 4 aliphatic rings. The predicted octanol–water partition coefficient (Wildman–Crippen LogP) is 2.99. The first-order chi connectivity index (χ1) is 11.8. The second kappa shape index (κ2) is 5.54. The minimum atomic E-state index is -1.28. The van der Waals surface area contributed by atoms with E-state index >= 15 is 0 Å². The van der Waals surface area contributed by atoms with Crippen LogP contribution in [0.2, 0.25) is 0 Å². The molecule has 0 heterocycles. The quantitative estimate of drug-likeness (QED) is 0.644. The minimum Gasteiger partial charge on any atom is -0.478 e. The summed E-state index contributed by atoms with van der Waals surface area (Å²) in [6, 6.07) is 3.34. The van der Waals surface area contributed by atoms with Gasteiger partial charge in [0.25, 0.3) is 11.6 Å². The summed E-state index contributed by atoms with van der Waals surface area (Å²) in [6.07, 6.45) is 6.63. The van der Waals surface area contributed by atoms with Gasteiger partial charge in [-0.15, -0.1) is 0 Å². The number of nitro groups is 1. The average molecular weight is 344 g/mol. The average Bonchev–Trinajstić information content (AvgIpc) is 2.52. The monoisotopic (exact) mass is 344 g/mol. The number of non-ortho nitro benzene ring substituents is 1. The molecule has 25 heavy (non-hydrogen) atoms. The van der Waals surface area contributed by atoms with Gasteiger partial charge in [0.05, 0.1) is 10.5 Å². The van der Waals surface area contributed by atoms with Crippen molar-refractivity contribution in [2.75, 3.05) is 0 Å². The second-order valence-electron chi connectivity index (χ2n) is 7.98. The number of nitro benzene ring substituents is 1. The summed E-state index contributed by atoms with van der Waals surface area (Å²) >= 11 is 0. The molecule has 0 saturated heterocycles. The fourth-order valence-corrected chi connectivity index (χ4v) is 5.55. The molecule has 0 aromatic heterocycles. The molecule has 4 fully saturated rings. The molecule has 0 spiro atoms. The van der Waals surface area contributed by atoms with Crippen LogP contribution in [0.15, 0.2) is 18.2 Å². The van der Waals surface area contributed by atoms with Crippen LogP contribution in [-0.2, 0) is 0 Å². The molecule has 0 aliphatic heterocycles. The third kappa shape index (κ3) is 2.88. The highest BCUT2D eigenvalue weighted by atomic mass is 16.6. The molecule has 2 N–H and O–H groups in total. The van der Waals surface area contributed by atoms with Crippen LogP contribution >= 0.6 is 0 Å². The van der Waals surface area contributed by atoms with Crippen molar-refractivity contribution in [3.63, 3.8) is 0 Å². The van der Waals surface area contributed by atoms with Crippen molar-refractivity contribution >= 4 is 17.6 Å². The first-order valence-electron chi connectivity index (χ1n) is 8.69.